The number of nitrogens with two attached hydrogens (primary N) is 1. The molecule has 1 atom stereocenters. The van der Waals surface area contributed by atoms with E-state index in [9.17, 15) is 14.4 Å². The SMILES string of the molecule is CC(=O)OP(N)OC(=O)c1ccc(C(C)=O)cc1. The summed E-state index contributed by atoms with van der Waals surface area (Å²) in [5.41, 5.74) is 6.03. The molecule has 6 nitrogen and oxygen atoms in total. The van der Waals surface area contributed by atoms with Crippen LogP contribution >= 0.6 is 8.53 Å². The number of hydrogen-bond donors (Lipinski definition) is 1. The second-order valence-corrected chi connectivity index (χ2v) is 4.32. The molecule has 0 amide bonds. The van der Waals surface area contributed by atoms with Crippen molar-refractivity contribution in [2.45, 2.75) is 13.8 Å². The highest BCUT2D eigenvalue weighted by molar-refractivity contribution is 7.45. The summed E-state index contributed by atoms with van der Waals surface area (Å²) in [6.45, 7) is 2.59. The lowest BCUT2D eigenvalue weighted by Crippen LogP contribution is -2.09. The van der Waals surface area contributed by atoms with Crippen molar-refractivity contribution >= 4 is 26.2 Å². The summed E-state index contributed by atoms with van der Waals surface area (Å²) in [4.78, 5) is 33.2. The molecule has 0 heterocycles. The van der Waals surface area contributed by atoms with Crippen LogP contribution in [0.5, 0.6) is 0 Å². The minimum Gasteiger partial charge on any atom is -0.395 e. The van der Waals surface area contributed by atoms with Crippen molar-refractivity contribution in [2.75, 3.05) is 0 Å². The fraction of sp³-hybridized carbons (Fsp3) is 0.182. The molecule has 0 aliphatic heterocycles. The second kappa shape index (κ2) is 6.23. The average molecular weight is 269 g/mol. The Balaban J connectivity index is 2.67. The molecule has 0 aliphatic carbocycles. The Labute approximate surface area is 105 Å². The van der Waals surface area contributed by atoms with Gasteiger partial charge in [0, 0.05) is 12.5 Å². The molecule has 1 aromatic carbocycles. The van der Waals surface area contributed by atoms with Gasteiger partial charge in [-0.15, -0.1) is 0 Å². The first kappa shape index (κ1) is 14.3. The average Bonchev–Trinajstić information content (AvgIpc) is 2.27. The number of rotatable bonds is 4. The summed E-state index contributed by atoms with van der Waals surface area (Å²) in [7, 11) is -2.07. The van der Waals surface area contributed by atoms with Gasteiger partial charge in [-0.3, -0.25) is 9.59 Å². The first-order chi connectivity index (χ1) is 8.40. The van der Waals surface area contributed by atoms with Gasteiger partial charge in [0.05, 0.1) is 5.56 Å². The molecular weight excluding hydrogens is 257 g/mol. The van der Waals surface area contributed by atoms with Crippen molar-refractivity contribution < 1.29 is 23.4 Å². The van der Waals surface area contributed by atoms with Gasteiger partial charge in [-0.25, -0.2) is 10.3 Å². The zero-order valence-electron chi connectivity index (χ0n) is 9.88. The summed E-state index contributed by atoms with van der Waals surface area (Å²) in [5, 5.41) is 0. The van der Waals surface area contributed by atoms with E-state index in [0.29, 0.717) is 5.56 Å². The zero-order valence-corrected chi connectivity index (χ0v) is 10.8. The number of benzene rings is 1. The van der Waals surface area contributed by atoms with Crippen molar-refractivity contribution in [2.24, 2.45) is 5.50 Å². The molecule has 1 unspecified atom stereocenters. The van der Waals surface area contributed by atoms with E-state index in [-0.39, 0.29) is 11.3 Å². The van der Waals surface area contributed by atoms with Gasteiger partial charge in [0.25, 0.3) is 0 Å². The third-order valence-electron chi connectivity index (χ3n) is 1.92. The topological polar surface area (TPSA) is 95.7 Å². The predicted octanol–water partition coefficient (Wildman–Crippen LogP) is 1.79. The lowest BCUT2D eigenvalue weighted by atomic mass is 10.1. The molecule has 0 fully saturated rings. The molecule has 0 aliphatic rings. The first-order valence-electron chi connectivity index (χ1n) is 4.97. The third-order valence-corrected chi connectivity index (χ3v) is 2.70. The van der Waals surface area contributed by atoms with Crippen LogP contribution in [-0.4, -0.2) is 17.7 Å². The van der Waals surface area contributed by atoms with Gasteiger partial charge in [-0.05, 0) is 19.1 Å². The Morgan fingerprint density at radius 1 is 1.00 bits per heavy atom. The van der Waals surface area contributed by atoms with Crippen LogP contribution in [0.3, 0.4) is 0 Å². The molecule has 0 spiro atoms. The van der Waals surface area contributed by atoms with Crippen molar-refractivity contribution in [1.82, 2.24) is 0 Å². The van der Waals surface area contributed by atoms with E-state index < -0.39 is 20.5 Å². The van der Waals surface area contributed by atoms with E-state index in [0.717, 1.165) is 6.92 Å². The van der Waals surface area contributed by atoms with Gasteiger partial charge >= 0.3 is 20.5 Å². The van der Waals surface area contributed by atoms with Crippen LogP contribution < -0.4 is 5.50 Å². The van der Waals surface area contributed by atoms with Crippen LogP contribution in [0.2, 0.25) is 0 Å². The van der Waals surface area contributed by atoms with E-state index in [1.54, 1.807) is 0 Å². The molecule has 1 aromatic rings. The maximum absolute atomic E-state index is 11.6. The van der Waals surface area contributed by atoms with E-state index in [4.69, 9.17) is 10.0 Å². The van der Waals surface area contributed by atoms with E-state index in [1.165, 1.54) is 31.2 Å². The fourth-order valence-electron chi connectivity index (χ4n) is 1.12. The van der Waals surface area contributed by atoms with Crippen molar-refractivity contribution in [3.8, 4) is 0 Å². The lowest BCUT2D eigenvalue weighted by Gasteiger charge is -2.09. The minimum atomic E-state index is -2.07. The zero-order chi connectivity index (χ0) is 13.7. The van der Waals surface area contributed by atoms with Crippen molar-refractivity contribution in [1.29, 1.82) is 0 Å². The Kier molecular flexibility index (Phi) is 4.95. The largest absolute Gasteiger partial charge is 0.395 e. The Morgan fingerprint density at radius 3 is 1.94 bits per heavy atom. The van der Waals surface area contributed by atoms with Crippen LogP contribution in [0, 0.1) is 0 Å². The minimum absolute atomic E-state index is 0.101. The molecule has 2 N–H and O–H groups in total. The van der Waals surface area contributed by atoms with Crippen LogP contribution in [0.25, 0.3) is 0 Å². The van der Waals surface area contributed by atoms with Gasteiger partial charge in [0.2, 0.25) is 0 Å². The van der Waals surface area contributed by atoms with E-state index in [1.807, 2.05) is 0 Å². The van der Waals surface area contributed by atoms with Crippen LogP contribution in [0.4, 0.5) is 0 Å². The Morgan fingerprint density at radius 2 is 1.50 bits per heavy atom. The quantitative estimate of drug-likeness (QED) is 0.661. The van der Waals surface area contributed by atoms with Crippen molar-refractivity contribution in [3.63, 3.8) is 0 Å². The highest BCUT2D eigenvalue weighted by atomic mass is 31.2. The summed E-state index contributed by atoms with van der Waals surface area (Å²) < 4.78 is 9.23. The molecule has 0 radical (unpaired) electrons. The molecule has 1 rings (SSSR count). The molecule has 0 aromatic heterocycles. The third kappa shape index (κ3) is 4.24. The first-order valence-corrected chi connectivity index (χ1v) is 6.21. The molecule has 7 heteroatoms. The second-order valence-electron chi connectivity index (χ2n) is 3.38. The molecule has 0 saturated heterocycles. The fourth-order valence-corrected chi connectivity index (χ4v) is 1.68. The standard InChI is InChI=1S/C11H12NO5P/c1-7(13)9-3-5-10(6-4-9)11(15)17-18(12)16-8(2)14/h3-6H,12H2,1-2H3. The Hall–Kier alpha value is -1.78. The monoisotopic (exact) mass is 269 g/mol. The van der Waals surface area contributed by atoms with Gasteiger partial charge < -0.3 is 9.05 Å². The normalized spacial score (nSPS) is 11.5. The highest BCUT2D eigenvalue weighted by Gasteiger charge is 2.16. The van der Waals surface area contributed by atoms with Gasteiger partial charge in [0.1, 0.15) is 0 Å². The summed E-state index contributed by atoms with van der Waals surface area (Å²) in [6.07, 6.45) is 0. The summed E-state index contributed by atoms with van der Waals surface area (Å²) in [6, 6.07) is 5.89. The Bertz CT molecular complexity index is 471. The molecule has 0 saturated carbocycles. The van der Waals surface area contributed by atoms with Gasteiger partial charge in [-0.1, -0.05) is 12.1 Å². The van der Waals surface area contributed by atoms with E-state index >= 15 is 0 Å². The number of carbonyl (C=O) groups excluding carboxylic acids is 3. The number of Topliss-reactive ketones (excluding diaryl/α,β-unsaturated/α-hetero) is 1. The van der Waals surface area contributed by atoms with Gasteiger partial charge in [0.15, 0.2) is 5.78 Å². The lowest BCUT2D eigenvalue weighted by molar-refractivity contribution is -0.131. The van der Waals surface area contributed by atoms with Gasteiger partial charge in [-0.2, -0.15) is 0 Å². The van der Waals surface area contributed by atoms with Crippen LogP contribution in [0.15, 0.2) is 24.3 Å². The maximum atomic E-state index is 11.6. The maximum Gasteiger partial charge on any atom is 0.383 e. The molecule has 96 valence electrons. The number of hydrogen-bond acceptors (Lipinski definition) is 6. The number of ketones is 1. The van der Waals surface area contributed by atoms with Crippen molar-refractivity contribution in [3.05, 3.63) is 35.4 Å². The molecule has 18 heavy (non-hydrogen) atoms. The van der Waals surface area contributed by atoms with Crippen LogP contribution in [-0.2, 0) is 13.8 Å². The van der Waals surface area contributed by atoms with Crippen LogP contribution in [0.1, 0.15) is 34.6 Å². The predicted molar refractivity (Wildman–Crippen MR) is 64.7 cm³/mol. The summed E-state index contributed by atoms with van der Waals surface area (Å²) in [5.74, 6) is -1.43. The summed E-state index contributed by atoms with van der Waals surface area (Å²) >= 11 is 0. The highest BCUT2D eigenvalue weighted by Crippen LogP contribution is 2.29. The molecule has 0 bridgehead atoms. The smallest absolute Gasteiger partial charge is 0.383 e. The van der Waals surface area contributed by atoms with E-state index in [2.05, 4.69) is 4.52 Å². The number of carbonyl (C=O) groups is 3. The molecular formula is C11H12NO5P.